The third-order valence-corrected chi connectivity index (χ3v) is 3.05. The van der Waals surface area contributed by atoms with Crippen LogP contribution in [0, 0.1) is 6.92 Å². The zero-order valence-electron chi connectivity index (χ0n) is 4.85. The Morgan fingerprint density at radius 1 is 1.78 bits per heavy atom. The van der Waals surface area contributed by atoms with Crippen LogP contribution in [0.5, 0.6) is 0 Å². The fraction of sp³-hybridized carbons (Fsp3) is 0.167. The molecule has 1 aromatic rings. The van der Waals surface area contributed by atoms with E-state index in [9.17, 15) is 4.79 Å². The van der Waals surface area contributed by atoms with Gasteiger partial charge in [-0.05, 0) is 34.5 Å². The van der Waals surface area contributed by atoms with Crippen molar-refractivity contribution in [2.45, 2.75) is 6.92 Å². The molecule has 1 nitrogen and oxygen atoms in total. The lowest BCUT2D eigenvalue weighted by molar-refractivity contribution is 0.112. The summed E-state index contributed by atoms with van der Waals surface area (Å²) in [5.41, 5.74) is 1.13. The van der Waals surface area contributed by atoms with Crippen molar-refractivity contribution in [3.8, 4) is 0 Å². The van der Waals surface area contributed by atoms with Crippen LogP contribution in [0.4, 0.5) is 0 Å². The van der Waals surface area contributed by atoms with Gasteiger partial charge in [-0.15, -0.1) is 11.3 Å². The van der Waals surface area contributed by atoms with Crippen molar-refractivity contribution in [2.24, 2.45) is 0 Å². The summed E-state index contributed by atoms with van der Waals surface area (Å²) in [7, 11) is 0. The minimum Gasteiger partial charge on any atom is -0.297 e. The van der Waals surface area contributed by atoms with Crippen LogP contribution in [0.1, 0.15) is 15.2 Å². The monoisotopic (exact) mass is 204 g/mol. The predicted octanol–water partition coefficient (Wildman–Crippen LogP) is 2.63. The van der Waals surface area contributed by atoms with Crippen LogP contribution in [0.25, 0.3) is 0 Å². The molecule has 0 amide bonds. The normalized spacial score (nSPS) is 9.56. The van der Waals surface area contributed by atoms with Crippen LogP contribution in [0.15, 0.2) is 9.85 Å². The second-order valence-electron chi connectivity index (χ2n) is 1.72. The highest BCUT2D eigenvalue weighted by Gasteiger charge is 1.99. The Morgan fingerprint density at radius 3 is 2.67 bits per heavy atom. The summed E-state index contributed by atoms with van der Waals surface area (Å²) in [5.74, 6) is 0. The lowest BCUT2D eigenvalue weighted by Crippen LogP contribution is -1.64. The molecule has 0 aliphatic carbocycles. The van der Waals surface area contributed by atoms with Crippen molar-refractivity contribution in [2.75, 3.05) is 0 Å². The summed E-state index contributed by atoms with van der Waals surface area (Å²) in [6, 6.07) is 1.86. The number of carbonyl (C=O) groups is 1. The SMILES string of the molecule is Cc1cc(C=O)sc1Br. The van der Waals surface area contributed by atoms with E-state index >= 15 is 0 Å². The average Bonchev–Trinajstić information content (AvgIpc) is 2.13. The molecule has 9 heavy (non-hydrogen) atoms. The summed E-state index contributed by atoms with van der Waals surface area (Å²) in [4.78, 5) is 10.9. The average molecular weight is 205 g/mol. The van der Waals surface area contributed by atoms with Gasteiger partial charge in [-0.2, -0.15) is 0 Å². The molecular formula is C6H5BrOS. The second-order valence-corrected chi connectivity index (χ2v) is 4.13. The van der Waals surface area contributed by atoms with Gasteiger partial charge in [0.15, 0.2) is 6.29 Å². The molecule has 0 spiro atoms. The molecular weight excluding hydrogens is 200 g/mol. The topological polar surface area (TPSA) is 17.1 Å². The van der Waals surface area contributed by atoms with Gasteiger partial charge in [-0.3, -0.25) is 4.79 Å². The van der Waals surface area contributed by atoms with E-state index in [0.29, 0.717) is 0 Å². The van der Waals surface area contributed by atoms with Gasteiger partial charge in [0.1, 0.15) is 0 Å². The molecule has 1 rings (SSSR count). The summed E-state index contributed by atoms with van der Waals surface area (Å²) in [5, 5.41) is 0. The highest BCUT2D eigenvalue weighted by atomic mass is 79.9. The Hall–Kier alpha value is -0.150. The molecule has 0 bridgehead atoms. The predicted molar refractivity (Wildman–Crippen MR) is 42.1 cm³/mol. The van der Waals surface area contributed by atoms with E-state index in [1.807, 2.05) is 13.0 Å². The molecule has 1 aromatic heterocycles. The maximum Gasteiger partial charge on any atom is 0.160 e. The first-order valence-electron chi connectivity index (χ1n) is 2.45. The highest BCUT2D eigenvalue weighted by molar-refractivity contribution is 9.11. The number of halogens is 1. The third-order valence-electron chi connectivity index (χ3n) is 0.992. The van der Waals surface area contributed by atoms with E-state index in [1.54, 1.807) is 0 Å². The Balaban J connectivity index is 3.11. The summed E-state index contributed by atoms with van der Waals surface area (Å²) >= 11 is 4.78. The van der Waals surface area contributed by atoms with Crippen molar-refractivity contribution >= 4 is 33.6 Å². The van der Waals surface area contributed by atoms with Crippen molar-refractivity contribution in [1.82, 2.24) is 0 Å². The molecule has 0 saturated heterocycles. The van der Waals surface area contributed by atoms with E-state index in [2.05, 4.69) is 15.9 Å². The van der Waals surface area contributed by atoms with Gasteiger partial charge in [0.05, 0.1) is 8.66 Å². The van der Waals surface area contributed by atoms with Crippen LogP contribution in [-0.4, -0.2) is 6.29 Å². The fourth-order valence-corrected chi connectivity index (χ4v) is 1.93. The van der Waals surface area contributed by atoms with E-state index in [4.69, 9.17) is 0 Å². The molecule has 0 atom stereocenters. The summed E-state index contributed by atoms with van der Waals surface area (Å²) in [6.07, 6.45) is 0.864. The number of rotatable bonds is 1. The first kappa shape index (κ1) is 6.96. The van der Waals surface area contributed by atoms with Crippen LogP contribution in [0.3, 0.4) is 0 Å². The lowest BCUT2D eigenvalue weighted by Gasteiger charge is -1.77. The van der Waals surface area contributed by atoms with E-state index in [0.717, 1.165) is 20.5 Å². The van der Waals surface area contributed by atoms with Crippen LogP contribution in [0.2, 0.25) is 0 Å². The summed E-state index contributed by atoms with van der Waals surface area (Å²) in [6.45, 7) is 1.97. The zero-order valence-corrected chi connectivity index (χ0v) is 7.25. The molecule has 0 unspecified atom stereocenters. The maximum atomic E-state index is 10.2. The molecule has 0 N–H and O–H groups in total. The van der Waals surface area contributed by atoms with Crippen molar-refractivity contribution in [3.63, 3.8) is 0 Å². The van der Waals surface area contributed by atoms with Gasteiger partial charge in [-0.25, -0.2) is 0 Å². The third kappa shape index (κ3) is 1.40. The molecule has 1 heterocycles. The van der Waals surface area contributed by atoms with Gasteiger partial charge in [0.25, 0.3) is 0 Å². The van der Waals surface area contributed by atoms with E-state index in [-0.39, 0.29) is 0 Å². The standard InChI is InChI=1S/C6H5BrOS/c1-4-2-5(3-8)9-6(4)7/h2-3H,1H3. The maximum absolute atomic E-state index is 10.2. The quantitative estimate of drug-likeness (QED) is 0.644. The molecule has 0 aromatic carbocycles. The number of hydrogen-bond acceptors (Lipinski definition) is 2. The van der Waals surface area contributed by atoms with Gasteiger partial charge in [0, 0.05) is 0 Å². The Labute approximate surface area is 65.8 Å². The summed E-state index contributed by atoms with van der Waals surface area (Å²) < 4.78 is 1.05. The number of aryl methyl sites for hydroxylation is 1. The number of carbonyl (C=O) groups excluding carboxylic acids is 1. The molecule has 0 fully saturated rings. The van der Waals surface area contributed by atoms with Gasteiger partial charge in [-0.1, -0.05) is 0 Å². The first-order valence-corrected chi connectivity index (χ1v) is 4.06. The lowest BCUT2D eigenvalue weighted by atomic mass is 10.3. The largest absolute Gasteiger partial charge is 0.297 e. The zero-order chi connectivity index (χ0) is 6.85. The molecule has 3 heteroatoms. The van der Waals surface area contributed by atoms with Crippen molar-refractivity contribution < 1.29 is 4.79 Å². The molecule has 0 saturated carbocycles. The minimum absolute atomic E-state index is 0.777. The number of hydrogen-bond donors (Lipinski definition) is 0. The molecule has 0 aliphatic heterocycles. The van der Waals surface area contributed by atoms with E-state index < -0.39 is 0 Å². The van der Waals surface area contributed by atoms with Crippen LogP contribution >= 0.6 is 27.3 Å². The highest BCUT2D eigenvalue weighted by Crippen LogP contribution is 2.25. The molecule has 48 valence electrons. The second kappa shape index (κ2) is 2.62. The minimum atomic E-state index is 0.777. The van der Waals surface area contributed by atoms with Gasteiger partial charge < -0.3 is 0 Å². The van der Waals surface area contributed by atoms with Gasteiger partial charge in [0.2, 0.25) is 0 Å². The van der Waals surface area contributed by atoms with Crippen molar-refractivity contribution in [3.05, 3.63) is 20.3 Å². The Morgan fingerprint density at radius 2 is 2.44 bits per heavy atom. The van der Waals surface area contributed by atoms with Crippen LogP contribution in [-0.2, 0) is 0 Å². The number of thiophene rings is 1. The first-order chi connectivity index (χ1) is 4.24. The molecule has 0 radical (unpaired) electrons. The molecule has 0 aliphatic rings. The number of aldehydes is 1. The van der Waals surface area contributed by atoms with E-state index in [1.165, 1.54) is 11.3 Å². The van der Waals surface area contributed by atoms with Crippen LogP contribution < -0.4 is 0 Å². The van der Waals surface area contributed by atoms with Gasteiger partial charge >= 0.3 is 0 Å². The Bertz CT molecular complexity index is 209. The smallest absolute Gasteiger partial charge is 0.160 e. The van der Waals surface area contributed by atoms with Crippen molar-refractivity contribution in [1.29, 1.82) is 0 Å². The Kier molecular flexibility index (Phi) is 2.03. The fourth-order valence-electron chi connectivity index (χ4n) is 0.542.